The molecule has 0 unspecified atom stereocenters. The highest BCUT2D eigenvalue weighted by atomic mass is 35.5. The van der Waals surface area contributed by atoms with E-state index >= 15 is 0 Å². The highest BCUT2D eigenvalue weighted by Gasteiger charge is 2.29. The van der Waals surface area contributed by atoms with E-state index in [1.54, 1.807) is 0 Å². The highest BCUT2D eigenvalue weighted by molar-refractivity contribution is 7.91. The van der Waals surface area contributed by atoms with Crippen molar-refractivity contribution in [2.45, 2.75) is 4.21 Å². The molecule has 10 heteroatoms. The van der Waals surface area contributed by atoms with Crippen molar-refractivity contribution in [1.29, 1.82) is 0 Å². The van der Waals surface area contributed by atoms with Crippen LogP contribution in [0.15, 0.2) is 16.3 Å². The van der Waals surface area contributed by atoms with Crippen LogP contribution in [0.25, 0.3) is 0 Å². The normalized spacial score (nSPS) is 11.7. The fraction of sp³-hybridized carbons (Fsp3) is 0.250. The molecule has 7 nitrogen and oxygen atoms in total. The summed E-state index contributed by atoms with van der Waals surface area (Å²) in [5.74, 6) is -2.33. The van der Waals surface area contributed by atoms with Gasteiger partial charge in [-0.15, -0.1) is 11.3 Å². The molecule has 0 fully saturated rings. The standard InChI is InChI=1S/C8H9ClN2O5S2/c9-5-1-2-8(17-5)18(15,16)11(3-6(10)12)4-7(13)14/h1-2H,3-4H2,(H2,10,12)(H,13,14). The van der Waals surface area contributed by atoms with Gasteiger partial charge in [0, 0.05) is 0 Å². The molecule has 100 valence electrons. The third kappa shape index (κ3) is 3.67. The maximum Gasteiger partial charge on any atom is 0.318 e. The molecule has 0 spiro atoms. The van der Waals surface area contributed by atoms with Crippen molar-refractivity contribution in [2.24, 2.45) is 5.73 Å². The summed E-state index contributed by atoms with van der Waals surface area (Å²) in [7, 11) is -4.08. The second-order valence-corrected chi connectivity index (χ2v) is 7.07. The third-order valence-corrected chi connectivity index (χ3v) is 5.28. The number of carbonyl (C=O) groups is 2. The number of halogens is 1. The number of aliphatic carboxylic acids is 1. The summed E-state index contributed by atoms with van der Waals surface area (Å²) in [6.45, 7) is -1.55. The molecule has 0 aliphatic carbocycles. The van der Waals surface area contributed by atoms with Crippen LogP contribution in [0.1, 0.15) is 0 Å². The maximum atomic E-state index is 12.0. The maximum absolute atomic E-state index is 12.0. The second-order valence-electron chi connectivity index (χ2n) is 3.19. The van der Waals surface area contributed by atoms with E-state index in [2.05, 4.69) is 0 Å². The van der Waals surface area contributed by atoms with Gasteiger partial charge in [-0.2, -0.15) is 4.31 Å². The zero-order valence-corrected chi connectivity index (χ0v) is 11.3. The van der Waals surface area contributed by atoms with Crippen LogP contribution in [0.4, 0.5) is 0 Å². The third-order valence-electron chi connectivity index (χ3n) is 1.79. The summed E-state index contributed by atoms with van der Waals surface area (Å²) in [6.07, 6.45) is 0. The van der Waals surface area contributed by atoms with E-state index in [1.165, 1.54) is 12.1 Å². The van der Waals surface area contributed by atoms with Crippen LogP contribution < -0.4 is 5.73 Å². The molecular formula is C8H9ClN2O5S2. The van der Waals surface area contributed by atoms with Crippen molar-refractivity contribution in [3.8, 4) is 0 Å². The van der Waals surface area contributed by atoms with Gasteiger partial charge in [-0.25, -0.2) is 8.42 Å². The Kier molecular flexibility index (Phi) is 4.68. The number of amides is 1. The quantitative estimate of drug-likeness (QED) is 0.764. The topological polar surface area (TPSA) is 118 Å². The zero-order valence-electron chi connectivity index (χ0n) is 8.87. The number of hydrogen-bond acceptors (Lipinski definition) is 5. The van der Waals surface area contributed by atoms with Gasteiger partial charge in [0.15, 0.2) is 0 Å². The molecule has 0 aliphatic heterocycles. The van der Waals surface area contributed by atoms with E-state index < -0.39 is 35.0 Å². The lowest BCUT2D eigenvalue weighted by atomic mass is 10.5. The van der Waals surface area contributed by atoms with E-state index in [4.69, 9.17) is 22.4 Å². The lowest BCUT2D eigenvalue weighted by molar-refractivity contribution is -0.137. The first kappa shape index (κ1) is 14.9. The van der Waals surface area contributed by atoms with Crippen molar-refractivity contribution < 1.29 is 23.1 Å². The molecule has 1 amide bonds. The summed E-state index contributed by atoms with van der Waals surface area (Å²) in [5.41, 5.74) is 4.89. The second kappa shape index (κ2) is 5.65. The Morgan fingerprint density at radius 2 is 2.00 bits per heavy atom. The number of hydrogen-bond donors (Lipinski definition) is 2. The van der Waals surface area contributed by atoms with Gasteiger partial charge in [0.05, 0.1) is 10.9 Å². The summed E-state index contributed by atoms with van der Waals surface area (Å²) in [5, 5.41) is 8.63. The van der Waals surface area contributed by atoms with E-state index in [1.807, 2.05) is 0 Å². The van der Waals surface area contributed by atoms with Crippen molar-refractivity contribution in [1.82, 2.24) is 4.31 Å². The van der Waals surface area contributed by atoms with Crippen LogP contribution in [-0.2, 0) is 19.6 Å². The number of carboxylic acid groups (broad SMARTS) is 1. The number of nitrogens with zero attached hydrogens (tertiary/aromatic N) is 1. The number of nitrogens with two attached hydrogens (primary N) is 1. The molecule has 0 bridgehead atoms. The van der Waals surface area contributed by atoms with Gasteiger partial charge in [-0.1, -0.05) is 11.6 Å². The van der Waals surface area contributed by atoms with Gasteiger partial charge in [0.2, 0.25) is 5.91 Å². The lowest BCUT2D eigenvalue weighted by Gasteiger charge is -2.17. The fourth-order valence-corrected chi connectivity index (χ4v) is 4.11. The molecule has 0 atom stereocenters. The van der Waals surface area contributed by atoms with E-state index in [9.17, 15) is 18.0 Å². The first-order valence-corrected chi connectivity index (χ1v) is 7.12. The van der Waals surface area contributed by atoms with Gasteiger partial charge in [0.25, 0.3) is 10.0 Å². The summed E-state index contributed by atoms with van der Waals surface area (Å²) >= 11 is 6.38. The van der Waals surface area contributed by atoms with Crippen LogP contribution in [0.2, 0.25) is 4.34 Å². The number of thiophene rings is 1. The first-order chi connectivity index (χ1) is 8.23. The first-order valence-electron chi connectivity index (χ1n) is 4.49. The number of carbonyl (C=O) groups excluding carboxylic acids is 1. The van der Waals surface area contributed by atoms with Gasteiger partial charge in [0.1, 0.15) is 10.8 Å². The highest BCUT2D eigenvalue weighted by Crippen LogP contribution is 2.27. The van der Waals surface area contributed by atoms with Crippen molar-refractivity contribution in [3.05, 3.63) is 16.5 Å². The van der Waals surface area contributed by atoms with Gasteiger partial charge in [-0.05, 0) is 12.1 Å². The minimum absolute atomic E-state index is 0.144. The largest absolute Gasteiger partial charge is 0.480 e. The molecule has 18 heavy (non-hydrogen) atoms. The average Bonchev–Trinajstić information content (AvgIpc) is 2.63. The van der Waals surface area contributed by atoms with E-state index in [0.29, 0.717) is 4.31 Å². The molecule has 1 rings (SSSR count). The van der Waals surface area contributed by atoms with Crippen molar-refractivity contribution >= 4 is 44.8 Å². The van der Waals surface area contributed by atoms with E-state index in [-0.39, 0.29) is 8.55 Å². The fourth-order valence-electron chi connectivity index (χ4n) is 1.11. The predicted molar refractivity (Wildman–Crippen MR) is 64.9 cm³/mol. The molecule has 0 radical (unpaired) electrons. The minimum atomic E-state index is -4.08. The van der Waals surface area contributed by atoms with Crippen molar-refractivity contribution in [3.63, 3.8) is 0 Å². The van der Waals surface area contributed by atoms with Gasteiger partial charge >= 0.3 is 5.97 Å². The minimum Gasteiger partial charge on any atom is -0.480 e. The van der Waals surface area contributed by atoms with E-state index in [0.717, 1.165) is 11.3 Å². The SMILES string of the molecule is NC(=O)CN(CC(=O)O)S(=O)(=O)c1ccc(Cl)s1. The molecule has 1 heterocycles. The smallest absolute Gasteiger partial charge is 0.318 e. The number of primary amides is 1. The van der Waals surface area contributed by atoms with Crippen LogP contribution >= 0.6 is 22.9 Å². The average molecular weight is 313 g/mol. The molecule has 0 aliphatic rings. The number of rotatable bonds is 6. The Labute approximate surface area is 112 Å². The number of sulfonamides is 1. The monoisotopic (exact) mass is 312 g/mol. The van der Waals surface area contributed by atoms with Gasteiger partial charge < -0.3 is 10.8 Å². The van der Waals surface area contributed by atoms with Crippen LogP contribution in [0.3, 0.4) is 0 Å². The summed E-state index contributed by atoms with van der Waals surface area (Å²) in [6, 6.07) is 2.60. The van der Waals surface area contributed by atoms with Crippen LogP contribution in [0.5, 0.6) is 0 Å². The Hall–Kier alpha value is -1.16. The molecule has 0 aromatic carbocycles. The molecule has 3 N–H and O–H groups in total. The molecular weight excluding hydrogens is 304 g/mol. The Bertz CT molecular complexity index is 552. The lowest BCUT2D eigenvalue weighted by Crippen LogP contribution is -2.41. The number of carboxylic acids is 1. The Morgan fingerprint density at radius 3 is 2.39 bits per heavy atom. The summed E-state index contributed by atoms with van der Waals surface area (Å²) in [4.78, 5) is 21.4. The predicted octanol–water partition coefficient (Wildman–Crippen LogP) is -0.0379. The van der Waals surface area contributed by atoms with Crippen LogP contribution in [0, 0.1) is 0 Å². The van der Waals surface area contributed by atoms with Crippen LogP contribution in [-0.4, -0.2) is 42.8 Å². The van der Waals surface area contributed by atoms with Gasteiger partial charge in [-0.3, -0.25) is 9.59 Å². The molecule has 1 aromatic rings. The summed E-state index contributed by atoms with van der Waals surface area (Å²) < 4.78 is 24.6. The van der Waals surface area contributed by atoms with Crippen molar-refractivity contribution in [2.75, 3.05) is 13.1 Å². The molecule has 0 saturated heterocycles. The molecule has 0 saturated carbocycles. The molecule has 1 aromatic heterocycles. The zero-order chi connectivity index (χ0) is 13.9. The Morgan fingerprint density at radius 1 is 1.39 bits per heavy atom. The Balaban J connectivity index is 3.10.